The molecule has 0 aliphatic carbocycles. The standard InChI is InChI=1S/C24H27FN4O2S/c25-18-12-27-19-3-4-22(30)29-14-15(23(18)24(19)29)13-28-7-5-16(6-8-28)26-11-17-10-20-21(32-17)2-1-9-31-20/h3-4,10,12,15-16,26H,1-2,5-9,11,13-14H2/t15-/m1/s1. The van der Waals surface area contributed by atoms with Gasteiger partial charge in [-0.25, -0.2) is 4.39 Å². The number of hydrogen-bond acceptors (Lipinski definition) is 6. The van der Waals surface area contributed by atoms with Gasteiger partial charge in [0.15, 0.2) is 0 Å². The Labute approximate surface area is 190 Å². The first kappa shape index (κ1) is 20.3. The average Bonchev–Trinajstić information content (AvgIpc) is 3.40. The van der Waals surface area contributed by atoms with Gasteiger partial charge in [-0.2, -0.15) is 0 Å². The van der Waals surface area contributed by atoms with Gasteiger partial charge in [0.1, 0.15) is 11.6 Å². The molecule has 1 saturated heterocycles. The molecule has 3 aromatic heterocycles. The average molecular weight is 455 g/mol. The smallest absolute Gasteiger partial charge is 0.251 e. The number of hydrogen-bond donors (Lipinski definition) is 1. The molecule has 0 amide bonds. The summed E-state index contributed by atoms with van der Waals surface area (Å²) < 4.78 is 22.1. The number of fused-ring (bicyclic) bond motifs is 1. The molecule has 6 nitrogen and oxygen atoms in total. The Morgan fingerprint density at radius 3 is 3.00 bits per heavy atom. The summed E-state index contributed by atoms with van der Waals surface area (Å²) in [5.74, 6) is 0.790. The van der Waals surface area contributed by atoms with Crippen molar-refractivity contribution >= 4 is 22.4 Å². The maximum absolute atomic E-state index is 14.7. The van der Waals surface area contributed by atoms with Crippen LogP contribution in [0.1, 0.15) is 40.5 Å². The predicted octanol–water partition coefficient (Wildman–Crippen LogP) is 3.27. The SMILES string of the molecule is O=c1ccc2ncc(F)c3c2n1C[C@H]3CN1CCC(NCc2cc3c(s2)CCCO3)CC1. The van der Waals surface area contributed by atoms with Crippen molar-refractivity contribution in [1.29, 1.82) is 0 Å². The first-order valence-corrected chi connectivity index (χ1v) is 12.4. The second-order valence-electron chi connectivity index (χ2n) is 9.14. The lowest BCUT2D eigenvalue weighted by molar-refractivity contribution is 0.184. The summed E-state index contributed by atoms with van der Waals surface area (Å²) >= 11 is 1.87. The lowest BCUT2D eigenvalue weighted by atomic mass is 9.98. The number of nitrogens with zero attached hydrogens (tertiary/aromatic N) is 3. The first-order valence-electron chi connectivity index (χ1n) is 11.5. The van der Waals surface area contributed by atoms with Crippen molar-refractivity contribution in [2.75, 3.05) is 26.2 Å². The number of thiophene rings is 1. The van der Waals surface area contributed by atoms with Gasteiger partial charge in [0.2, 0.25) is 0 Å². The Kier molecular flexibility index (Phi) is 5.24. The molecule has 6 heterocycles. The van der Waals surface area contributed by atoms with Crippen molar-refractivity contribution in [3.05, 3.63) is 55.9 Å². The highest BCUT2D eigenvalue weighted by molar-refractivity contribution is 7.12. The molecule has 0 radical (unpaired) electrons. The molecule has 0 saturated carbocycles. The summed E-state index contributed by atoms with van der Waals surface area (Å²) in [6, 6.07) is 5.93. The summed E-state index contributed by atoms with van der Waals surface area (Å²) in [6.07, 6.45) is 5.72. The van der Waals surface area contributed by atoms with E-state index >= 15 is 0 Å². The van der Waals surface area contributed by atoms with E-state index in [9.17, 15) is 9.18 Å². The van der Waals surface area contributed by atoms with Gasteiger partial charge in [-0.3, -0.25) is 9.78 Å². The van der Waals surface area contributed by atoms with Gasteiger partial charge >= 0.3 is 0 Å². The second-order valence-corrected chi connectivity index (χ2v) is 10.4. The topological polar surface area (TPSA) is 59.4 Å². The molecule has 3 aliphatic heterocycles. The first-order chi connectivity index (χ1) is 15.7. The van der Waals surface area contributed by atoms with Crippen LogP contribution in [-0.4, -0.2) is 46.7 Å². The minimum absolute atomic E-state index is 0.00227. The van der Waals surface area contributed by atoms with Gasteiger partial charge in [-0.15, -0.1) is 11.3 Å². The fourth-order valence-corrected chi connectivity index (χ4v) is 6.54. The van der Waals surface area contributed by atoms with E-state index in [0.717, 1.165) is 64.2 Å². The third-order valence-corrected chi connectivity index (χ3v) is 8.24. The van der Waals surface area contributed by atoms with Crippen molar-refractivity contribution in [3.63, 3.8) is 0 Å². The number of rotatable bonds is 5. The Hall–Kier alpha value is -2.29. The molecule has 1 fully saturated rings. The molecule has 1 atom stereocenters. The Bertz CT molecular complexity index is 1190. The van der Waals surface area contributed by atoms with Gasteiger partial charge in [-0.1, -0.05) is 0 Å². The van der Waals surface area contributed by atoms with Crippen LogP contribution in [0.3, 0.4) is 0 Å². The quantitative estimate of drug-likeness (QED) is 0.641. The molecule has 0 bridgehead atoms. The zero-order valence-corrected chi connectivity index (χ0v) is 18.8. The van der Waals surface area contributed by atoms with Crippen LogP contribution in [0.15, 0.2) is 29.2 Å². The summed E-state index contributed by atoms with van der Waals surface area (Å²) in [7, 11) is 0. The van der Waals surface area contributed by atoms with Gasteiger partial charge in [0.25, 0.3) is 5.56 Å². The predicted molar refractivity (Wildman–Crippen MR) is 123 cm³/mol. The van der Waals surface area contributed by atoms with Crippen LogP contribution in [0.2, 0.25) is 0 Å². The zero-order valence-electron chi connectivity index (χ0n) is 18.0. The van der Waals surface area contributed by atoms with E-state index in [2.05, 4.69) is 21.3 Å². The van der Waals surface area contributed by atoms with Crippen LogP contribution in [0, 0.1) is 5.82 Å². The largest absolute Gasteiger partial charge is 0.492 e. The minimum Gasteiger partial charge on any atom is -0.492 e. The summed E-state index contributed by atoms with van der Waals surface area (Å²) in [4.78, 5) is 21.7. The van der Waals surface area contributed by atoms with Crippen LogP contribution in [0.5, 0.6) is 5.75 Å². The number of pyridine rings is 2. The van der Waals surface area contributed by atoms with E-state index in [-0.39, 0.29) is 17.3 Å². The Balaban J connectivity index is 1.06. The van der Waals surface area contributed by atoms with E-state index in [1.165, 1.54) is 22.0 Å². The molecule has 8 heteroatoms. The lowest BCUT2D eigenvalue weighted by Crippen LogP contribution is -2.43. The number of aromatic nitrogens is 2. The monoisotopic (exact) mass is 454 g/mol. The van der Waals surface area contributed by atoms with Crippen molar-refractivity contribution in [2.45, 2.75) is 50.7 Å². The molecule has 1 N–H and O–H groups in total. The van der Waals surface area contributed by atoms with Gasteiger partial charge < -0.3 is 19.5 Å². The number of nitrogens with one attached hydrogen (secondary N) is 1. The van der Waals surface area contributed by atoms with Gasteiger partial charge in [0, 0.05) is 53.0 Å². The maximum atomic E-state index is 14.7. The van der Waals surface area contributed by atoms with Crippen molar-refractivity contribution in [2.24, 2.45) is 0 Å². The molecule has 0 spiro atoms. The van der Waals surface area contributed by atoms with Crippen LogP contribution in [0.4, 0.5) is 4.39 Å². The normalized spacial score (nSPS) is 21.1. The van der Waals surface area contributed by atoms with Crippen LogP contribution in [-0.2, 0) is 19.5 Å². The molecule has 0 aromatic carbocycles. The van der Waals surface area contributed by atoms with Crippen LogP contribution in [0.25, 0.3) is 11.0 Å². The Morgan fingerprint density at radius 1 is 1.28 bits per heavy atom. The third kappa shape index (κ3) is 3.64. The fraction of sp³-hybridized carbons (Fsp3) is 0.500. The van der Waals surface area contributed by atoms with Crippen molar-refractivity contribution in [1.82, 2.24) is 19.8 Å². The van der Waals surface area contributed by atoms with Crippen molar-refractivity contribution < 1.29 is 9.13 Å². The third-order valence-electron chi connectivity index (χ3n) is 7.06. The molecule has 0 unspecified atom stereocenters. The highest BCUT2D eigenvalue weighted by Gasteiger charge is 2.31. The number of halogens is 1. The summed E-state index contributed by atoms with van der Waals surface area (Å²) in [5, 5.41) is 3.72. The fourth-order valence-electron chi connectivity index (χ4n) is 5.43. The van der Waals surface area contributed by atoms with E-state index in [0.29, 0.717) is 29.2 Å². The van der Waals surface area contributed by atoms with E-state index in [4.69, 9.17) is 4.74 Å². The van der Waals surface area contributed by atoms with Gasteiger partial charge in [-0.05, 0) is 50.9 Å². The number of piperidine rings is 1. The van der Waals surface area contributed by atoms with Gasteiger partial charge in [0.05, 0.1) is 23.8 Å². The molecule has 6 rings (SSSR count). The molecular formula is C24H27FN4O2S. The Morgan fingerprint density at radius 2 is 2.16 bits per heavy atom. The van der Waals surface area contributed by atoms with E-state index in [1.807, 2.05) is 11.3 Å². The van der Waals surface area contributed by atoms with E-state index < -0.39 is 0 Å². The van der Waals surface area contributed by atoms with Crippen LogP contribution >= 0.6 is 11.3 Å². The molecular weight excluding hydrogens is 427 g/mol. The minimum atomic E-state index is -0.293. The summed E-state index contributed by atoms with van der Waals surface area (Å²) in [6.45, 7) is 5.02. The molecule has 168 valence electrons. The maximum Gasteiger partial charge on any atom is 0.251 e. The molecule has 32 heavy (non-hydrogen) atoms. The number of likely N-dealkylation sites (tertiary alicyclic amines) is 1. The lowest BCUT2D eigenvalue weighted by Gasteiger charge is -2.34. The van der Waals surface area contributed by atoms with Crippen LogP contribution < -0.4 is 15.6 Å². The molecule has 3 aromatic rings. The van der Waals surface area contributed by atoms with E-state index in [1.54, 1.807) is 10.6 Å². The number of aryl methyl sites for hydroxylation is 1. The highest BCUT2D eigenvalue weighted by atomic mass is 32.1. The zero-order chi connectivity index (χ0) is 21.7. The number of ether oxygens (including phenoxy) is 1. The van der Waals surface area contributed by atoms with Crippen molar-refractivity contribution in [3.8, 4) is 5.75 Å². The summed E-state index contributed by atoms with van der Waals surface area (Å²) in [5.41, 5.74) is 1.97. The molecule has 3 aliphatic rings. The second kappa shape index (κ2) is 8.24. The highest BCUT2D eigenvalue weighted by Crippen LogP contribution is 2.35.